The molecule has 138 valence electrons. The Labute approximate surface area is 161 Å². The summed E-state index contributed by atoms with van der Waals surface area (Å²) in [4.78, 5) is 16.1. The van der Waals surface area contributed by atoms with Crippen molar-refractivity contribution in [2.45, 2.75) is 24.8 Å². The van der Waals surface area contributed by atoms with Gasteiger partial charge < -0.3 is 20.4 Å². The van der Waals surface area contributed by atoms with Crippen LogP contribution in [0.15, 0.2) is 56.5 Å². The third-order valence-corrected chi connectivity index (χ3v) is 5.06. The van der Waals surface area contributed by atoms with Crippen molar-refractivity contribution in [2.75, 3.05) is 20.1 Å². The first-order chi connectivity index (χ1) is 12.6. The second-order valence-corrected chi connectivity index (χ2v) is 7.34. The maximum absolute atomic E-state index is 11.9. The zero-order valence-corrected chi connectivity index (χ0v) is 16.3. The number of benzene rings is 1. The summed E-state index contributed by atoms with van der Waals surface area (Å²) < 4.78 is 6.28. The van der Waals surface area contributed by atoms with Crippen molar-refractivity contribution in [1.29, 1.82) is 0 Å². The molecule has 1 fully saturated rings. The summed E-state index contributed by atoms with van der Waals surface area (Å²) in [5.74, 6) is 1.24. The Hall–Kier alpha value is -2.28. The number of furan rings is 1. The molecule has 1 amide bonds. The van der Waals surface area contributed by atoms with Crippen LogP contribution in [0.4, 0.5) is 0 Å². The number of nitrogens with one attached hydrogen (secondary N) is 3. The van der Waals surface area contributed by atoms with E-state index in [1.807, 2.05) is 12.1 Å². The monoisotopic (exact) mass is 418 g/mol. The first-order valence-electron chi connectivity index (χ1n) is 8.61. The highest BCUT2D eigenvalue weighted by atomic mass is 79.9. The minimum atomic E-state index is -0.113. The Balaban J connectivity index is 1.44. The van der Waals surface area contributed by atoms with Crippen molar-refractivity contribution < 1.29 is 9.21 Å². The van der Waals surface area contributed by atoms with Gasteiger partial charge in [-0.2, -0.15) is 0 Å². The maximum Gasteiger partial charge on any atom is 0.239 e. The first kappa shape index (κ1) is 18.5. The molecule has 26 heavy (non-hydrogen) atoms. The van der Waals surface area contributed by atoms with Crippen molar-refractivity contribution in [2.24, 2.45) is 4.99 Å². The molecule has 6 nitrogen and oxygen atoms in total. The number of guanidine groups is 1. The highest BCUT2D eigenvalue weighted by Gasteiger charge is 2.44. The smallest absolute Gasteiger partial charge is 0.239 e. The number of halogens is 1. The van der Waals surface area contributed by atoms with Crippen LogP contribution in [-0.4, -0.2) is 32.0 Å². The molecule has 0 unspecified atom stereocenters. The highest BCUT2D eigenvalue weighted by molar-refractivity contribution is 9.10. The highest BCUT2D eigenvalue weighted by Crippen LogP contribution is 2.48. The van der Waals surface area contributed by atoms with Crippen LogP contribution in [0.2, 0.25) is 0 Å². The lowest BCUT2D eigenvalue weighted by Crippen LogP contribution is -2.45. The van der Waals surface area contributed by atoms with Crippen LogP contribution in [0.25, 0.3) is 0 Å². The quantitative estimate of drug-likeness (QED) is 0.476. The predicted octanol–water partition coefficient (Wildman–Crippen LogP) is 2.56. The van der Waals surface area contributed by atoms with Crippen molar-refractivity contribution >= 4 is 27.8 Å². The van der Waals surface area contributed by atoms with Crippen LogP contribution < -0.4 is 16.0 Å². The lowest BCUT2D eigenvalue weighted by molar-refractivity contribution is -0.120. The van der Waals surface area contributed by atoms with E-state index in [0.29, 0.717) is 12.5 Å². The van der Waals surface area contributed by atoms with Gasteiger partial charge in [0.2, 0.25) is 5.91 Å². The van der Waals surface area contributed by atoms with E-state index >= 15 is 0 Å². The molecule has 0 spiro atoms. The molecular weight excluding hydrogens is 396 g/mol. The van der Waals surface area contributed by atoms with Crippen LogP contribution in [0.3, 0.4) is 0 Å². The van der Waals surface area contributed by atoms with Gasteiger partial charge in [-0.05, 0) is 42.7 Å². The van der Waals surface area contributed by atoms with Crippen LogP contribution in [0, 0.1) is 0 Å². The number of aliphatic imine (C=N–C) groups is 1. The van der Waals surface area contributed by atoms with E-state index in [4.69, 9.17) is 4.42 Å². The summed E-state index contributed by atoms with van der Waals surface area (Å²) in [6.07, 6.45) is 3.89. The molecule has 2 aromatic rings. The van der Waals surface area contributed by atoms with Crippen LogP contribution in [0.5, 0.6) is 0 Å². The Morgan fingerprint density at radius 1 is 1.23 bits per heavy atom. The first-order valence-corrected chi connectivity index (χ1v) is 9.40. The minimum Gasteiger partial charge on any atom is -0.467 e. The van der Waals surface area contributed by atoms with Crippen LogP contribution >= 0.6 is 15.9 Å². The molecule has 0 aliphatic heterocycles. The Morgan fingerprint density at radius 3 is 2.73 bits per heavy atom. The standard InChI is InChI=1S/C19H23BrN4O2/c1-21-18(23-12-17(25)22-11-16-6-3-9-26-16)24-13-19(7-8-19)14-4-2-5-15(20)10-14/h2-6,9-10H,7-8,11-13H2,1H3,(H,22,25)(H2,21,23,24). The van der Waals surface area contributed by atoms with E-state index in [1.165, 1.54) is 5.56 Å². The van der Waals surface area contributed by atoms with E-state index in [2.05, 4.69) is 55.1 Å². The predicted molar refractivity (Wildman–Crippen MR) is 105 cm³/mol. The summed E-state index contributed by atoms with van der Waals surface area (Å²) in [7, 11) is 1.70. The molecule has 0 saturated heterocycles. The average molecular weight is 419 g/mol. The van der Waals surface area contributed by atoms with Gasteiger partial charge in [-0.25, -0.2) is 0 Å². The Bertz CT molecular complexity index is 770. The summed E-state index contributed by atoms with van der Waals surface area (Å²) in [5, 5.41) is 9.19. The molecule has 7 heteroatoms. The molecular formula is C19H23BrN4O2. The van der Waals surface area contributed by atoms with Gasteiger partial charge in [0, 0.05) is 23.5 Å². The van der Waals surface area contributed by atoms with Crippen molar-refractivity contribution in [1.82, 2.24) is 16.0 Å². The largest absolute Gasteiger partial charge is 0.467 e. The maximum atomic E-state index is 11.9. The number of amides is 1. The summed E-state index contributed by atoms with van der Waals surface area (Å²) >= 11 is 3.54. The summed E-state index contributed by atoms with van der Waals surface area (Å²) in [5.41, 5.74) is 1.48. The number of carbonyl (C=O) groups is 1. The van der Waals surface area contributed by atoms with Gasteiger partial charge >= 0.3 is 0 Å². The van der Waals surface area contributed by atoms with Crippen molar-refractivity contribution in [3.63, 3.8) is 0 Å². The van der Waals surface area contributed by atoms with E-state index in [1.54, 1.807) is 19.4 Å². The molecule has 0 radical (unpaired) electrons. The van der Waals surface area contributed by atoms with Gasteiger partial charge in [0.1, 0.15) is 5.76 Å². The van der Waals surface area contributed by atoms with Crippen molar-refractivity contribution in [3.05, 3.63) is 58.5 Å². The van der Waals surface area contributed by atoms with Gasteiger partial charge in [0.15, 0.2) is 5.96 Å². The number of carbonyl (C=O) groups excluding carboxylic acids is 1. The second-order valence-electron chi connectivity index (χ2n) is 6.43. The van der Waals surface area contributed by atoms with E-state index < -0.39 is 0 Å². The van der Waals surface area contributed by atoms with Gasteiger partial charge in [0.05, 0.1) is 19.4 Å². The zero-order chi connectivity index (χ0) is 18.4. The minimum absolute atomic E-state index is 0.113. The zero-order valence-electron chi connectivity index (χ0n) is 14.7. The van der Waals surface area contributed by atoms with Gasteiger partial charge in [-0.1, -0.05) is 28.1 Å². The Morgan fingerprint density at radius 2 is 2.08 bits per heavy atom. The molecule has 1 heterocycles. The fourth-order valence-corrected chi connectivity index (χ4v) is 3.23. The third-order valence-electron chi connectivity index (χ3n) is 4.56. The lowest BCUT2D eigenvalue weighted by Gasteiger charge is -2.19. The fourth-order valence-electron chi connectivity index (χ4n) is 2.84. The van der Waals surface area contributed by atoms with Crippen LogP contribution in [-0.2, 0) is 16.8 Å². The molecule has 1 aliphatic rings. The molecule has 0 atom stereocenters. The molecule has 1 saturated carbocycles. The van der Waals surface area contributed by atoms with Crippen molar-refractivity contribution in [3.8, 4) is 0 Å². The van der Waals surface area contributed by atoms with E-state index in [0.717, 1.165) is 29.6 Å². The number of hydrogen-bond donors (Lipinski definition) is 3. The van der Waals surface area contributed by atoms with Gasteiger partial charge in [0.25, 0.3) is 0 Å². The van der Waals surface area contributed by atoms with E-state index in [-0.39, 0.29) is 17.9 Å². The number of nitrogens with zero attached hydrogens (tertiary/aromatic N) is 1. The number of hydrogen-bond acceptors (Lipinski definition) is 3. The fraction of sp³-hybridized carbons (Fsp3) is 0.368. The van der Waals surface area contributed by atoms with E-state index in [9.17, 15) is 4.79 Å². The van der Waals surface area contributed by atoms with Crippen LogP contribution in [0.1, 0.15) is 24.2 Å². The SMILES string of the molecule is CN=C(NCC(=O)NCc1ccco1)NCC1(c2cccc(Br)c2)CC1. The number of rotatable bonds is 7. The molecule has 0 bridgehead atoms. The van der Waals surface area contributed by atoms with Gasteiger partial charge in [-0.15, -0.1) is 0 Å². The third kappa shape index (κ3) is 4.88. The molecule has 3 rings (SSSR count). The molecule has 3 N–H and O–H groups in total. The summed E-state index contributed by atoms with van der Waals surface area (Å²) in [6.45, 7) is 1.33. The second kappa shape index (κ2) is 8.40. The topological polar surface area (TPSA) is 78.7 Å². The molecule has 1 aromatic heterocycles. The Kier molecular flexibility index (Phi) is 5.98. The lowest BCUT2D eigenvalue weighted by atomic mass is 9.96. The average Bonchev–Trinajstić information content (AvgIpc) is 3.26. The van der Waals surface area contributed by atoms with Gasteiger partial charge in [-0.3, -0.25) is 9.79 Å². The molecule has 1 aromatic carbocycles. The molecule has 1 aliphatic carbocycles. The summed E-state index contributed by atoms with van der Waals surface area (Å²) in [6, 6.07) is 12.1. The normalized spacial score (nSPS) is 15.4.